The molecule has 2 aromatic heterocycles. The normalized spacial score (nSPS) is 11.1. The van der Waals surface area contributed by atoms with E-state index in [9.17, 15) is 10.1 Å². The molecule has 0 saturated carbocycles. The van der Waals surface area contributed by atoms with E-state index in [1.165, 1.54) is 11.3 Å². The minimum Gasteiger partial charge on any atom is -0.383 e. The number of nitrogens with zero attached hydrogens (tertiary/aromatic N) is 3. The van der Waals surface area contributed by atoms with E-state index in [1.54, 1.807) is 24.5 Å². The second-order valence-corrected chi connectivity index (χ2v) is 7.36. The fraction of sp³-hybridized carbons (Fsp3) is 0.353. The van der Waals surface area contributed by atoms with Crippen LogP contribution >= 0.6 is 22.7 Å². The van der Waals surface area contributed by atoms with Gasteiger partial charge in [0.15, 0.2) is 0 Å². The maximum Gasteiger partial charge on any atom is 0.262 e. The maximum absolute atomic E-state index is 12.0. The van der Waals surface area contributed by atoms with Crippen LogP contribution in [-0.2, 0) is 9.53 Å². The summed E-state index contributed by atoms with van der Waals surface area (Å²) in [7, 11) is 3.53. The Bertz CT molecular complexity index is 823. The number of carbonyl (C=O) groups excluding carboxylic acids is 1. The number of ether oxygens (including phenoxy) is 1. The Labute approximate surface area is 154 Å². The molecule has 0 radical (unpaired) electrons. The van der Waals surface area contributed by atoms with E-state index in [0.29, 0.717) is 26.2 Å². The fourth-order valence-corrected chi connectivity index (χ4v) is 4.40. The van der Waals surface area contributed by atoms with E-state index in [1.807, 2.05) is 19.2 Å². The first-order valence-electron chi connectivity index (χ1n) is 7.55. The number of rotatable bonds is 8. The van der Waals surface area contributed by atoms with Gasteiger partial charge in [-0.3, -0.25) is 4.79 Å². The van der Waals surface area contributed by atoms with Crippen molar-refractivity contribution in [3.05, 3.63) is 34.0 Å². The Morgan fingerprint density at radius 3 is 2.88 bits per heavy atom. The third-order valence-corrected chi connectivity index (χ3v) is 5.73. The second-order valence-electron chi connectivity index (χ2n) is 5.18. The largest absolute Gasteiger partial charge is 0.383 e. The Hall–Kier alpha value is -2.39. The molecule has 0 bridgehead atoms. The minimum absolute atomic E-state index is 0.0828. The lowest BCUT2D eigenvalue weighted by Crippen LogP contribution is -2.27. The van der Waals surface area contributed by atoms with Gasteiger partial charge in [-0.25, -0.2) is 6.57 Å². The molecule has 2 aromatic rings. The van der Waals surface area contributed by atoms with Crippen molar-refractivity contribution in [2.75, 3.05) is 45.3 Å². The van der Waals surface area contributed by atoms with Crippen LogP contribution in [0.2, 0.25) is 0 Å². The molecule has 130 valence electrons. The average Bonchev–Trinajstić information content (AvgIpc) is 3.16. The first kappa shape index (κ1) is 18.9. The molecule has 8 heteroatoms. The van der Waals surface area contributed by atoms with Gasteiger partial charge in [0.1, 0.15) is 11.6 Å². The molecule has 1 N–H and O–H groups in total. The Balaban J connectivity index is 2.13. The molecule has 0 spiro atoms. The van der Waals surface area contributed by atoms with Crippen molar-refractivity contribution in [3.8, 4) is 6.07 Å². The number of methoxy groups -OCH3 is 1. The van der Waals surface area contributed by atoms with E-state index >= 15 is 0 Å². The van der Waals surface area contributed by atoms with Gasteiger partial charge in [0.25, 0.3) is 5.91 Å². The van der Waals surface area contributed by atoms with Gasteiger partial charge in [0.05, 0.1) is 18.2 Å². The number of fused-ring (bicyclic) bond motifs is 1. The summed E-state index contributed by atoms with van der Waals surface area (Å²) in [6, 6.07) is 6.01. The molecular weight excluding hydrogens is 356 g/mol. The Morgan fingerprint density at radius 2 is 2.24 bits per heavy atom. The van der Waals surface area contributed by atoms with Crippen LogP contribution in [0.3, 0.4) is 0 Å². The summed E-state index contributed by atoms with van der Waals surface area (Å²) >= 11 is 3.18. The van der Waals surface area contributed by atoms with Crippen molar-refractivity contribution in [3.63, 3.8) is 0 Å². The third-order valence-electron chi connectivity index (χ3n) is 3.38. The van der Waals surface area contributed by atoms with E-state index in [-0.39, 0.29) is 5.57 Å². The Morgan fingerprint density at radius 1 is 1.48 bits per heavy atom. The highest BCUT2D eigenvalue weighted by Crippen LogP contribution is 2.38. The van der Waals surface area contributed by atoms with Crippen molar-refractivity contribution in [1.29, 1.82) is 5.26 Å². The van der Waals surface area contributed by atoms with Gasteiger partial charge < -0.3 is 19.8 Å². The maximum atomic E-state index is 12.0. The molecule has 0 fully saturated rings. The molecular formula is C17H18N4O2S2. The molecule has 0 aliphatic heterocycles. The molecule has 0 unspecified atom stereocenters. The smallest absolute Gasteiger partial charge is 0.262 e. The Kier molecular flexibility index (Phi) is 6.96. The van der Waals surface area contributed by atoms with Gasteiger partial charge in [-0.05, 0) is 18.2 Å². The van der Waals surface area contributed by atoms with Crippen molar-refractivity contribution < 1.29 is 9.53 Å². The molecule has 0 aromatic carbocycles. The van der Waals surface area contributed by atoms with E-state index in [2.05, 4.69) is 21.1 Å². The molecule has 0 saturated heterocycles. The van der Waals surface area contributed by atoms with Crippen LogP contribution in [0.5, 0.6) is 0 Å². The highest BCUT2D eigenvalue weighted by Gasteiger charge is 2.12. The van der Waals surface area contributed by atoms with Crippen LogP contribution in [0.4, 0.5) is 5.00 Å². The van der Waals surface area contributed by atoms with Crippen molar-refractivity contribution in [1.82, 2.24) is 5.32 Å². The monoisotopic (exact) mass is 374 g/mol. The van der Waals surface area contributed by atoms with Crippen LogP contribution < -0.4 is 10.2 Å². The first-order chi connectivity index (χ1) is 12.1. The number of nitrogens with one attached hydrogen (secondary N) is 1. The molecule has 1 amide bonds. The van der Waals surface area contributed by atoms with Gasteiger partial charge in [0.2, 0.25) is 6.54 Å². The highest BCUT2D eigenvalue weighted by atomic mass is 32.1. The van der Waals surface area contributed by atoms with Crippen LogP contribution in [0.25, 0.3) is 20.3 Å². The van der Waals surface area contributed by atoms with Gasteiger partial charge in [0, 0.05) is 35.0 Å². The molecule has 25 heavy (non-hydrogen) atoms. The molecule has 0 aliphatic rings. The number of amides is 1. The summed E-state index contributed by atoms with van der Waals surface area (Å²) in [5.74, 6) is -0.393. The zero-order valence-electron chi connectivity index (χ0n) is 14.0. The van der Waals surface area contributed by atoms with Crippen LogP contribution in [-0.4, -0.2) is 46.3 Å². The zero-order chi connectivity index (χ0) is 18.2. The van der Waals surface area contributed by atoms with E-state index < -0.39 is 5.91 Å². The first-order valence-corrected chi connectivity index (χ1v) is 9.19. The number of carbonyl (C=O) groups is 1. The van der Waals surface area contributed by atoms with Crippen molar-refractivity contribution >= 4 is 49.1 Å². The summed E-state index contributed by atoms with van der Waals surface area (Å²) in [6.07, 6.45) is 1.61. The van der Waals surface area contributed by atoms with Gasteiger partial charge in [-0.1, -0.05) is 0 Å². The van der Waals surface area contributed by atoms with Gasteiger partial charge in [-0.2, -0.15) is 5.26 Å². The number of hydrogen-bond acceptors (Lipinski definition) is 6. The van der Waals surface area contributed by atoms with Gasteiger partial charge >= 0.3 is 0 Å². The SMILES string of the molecule is [C-]#[N+]CCN(C)c1cc2sc(/C=C(\C#N)C(=O)NCCOC)cc2s1. The number of thiophene rings is 2. The molecule has 0 atom stereocenters. The quantitative estimate of drug-likeness (QED) is 0.334. The third kappa shape index (κ3) is 5.04. The lowest BCUT2D eigenvalue weighted by molar-refractivity contribution is -0.117. The lowest BCUT2D eigenvalue weighted by atomic mass is 10.2. The summed E-state index contributed by atoms with van der Waals surface area (Å²) in [6.45, 7) is 8.81. The van der Waals surface area contributed by atoms with Crippen LogP contribution in [0.15, 0.2) is 17.7 Å². The predicted octanol–water partition coefficient (Wildman–Crippen LogP) is 2.99. The topological polar surface area (TPSA) is 69.7 Å². The number of hydrogen-bond donors (Lipinski definition) is 1. The summed E-state index contributed by atoms with van der Waals surface area (Å²) in [4.78, 5) is 18.3. The molecule has 0 aliphatic carbocycles. The summed E-state index contributed by atoms with van der Waals surface area (Å²) in [5, 5.41) is 13.0. The second kappa shape index (κ2) is 9.19. The predicted molar refractivity (Wildman–Crippen MR) is 103 cm³/mol. The standard InChI is InChI=1S/C17H18N4O2S2/c1-19-4-6-21(2)16-10-15-14(25-16)9-13(24-15)8-12(11-18)17(22)20-5-7-23-3/h8-10H,4-7H2,2-3H3,(H,20,22)/b12-8+. The van der Waals surface area contributed by atoms with E-state index in [0.717, 1.165) is 19.3 Å². The zero-order valence-corrected chi connectivity index (χ0v) is 15.7. The number of nitriles is 1. The molecule has 2 rings (SSSR count). The van der Waals surface area contributed by atoms with Gasteiger partial charge in [-0.15, -0.1) is 22.7 Å². The van der Waals surface area contributed by atoms with Crippen molar-refractivity contribution in [2.24, 2.45) is 0 Å². The lowest BCUT2D eigenvalue weighted by Gasteiger charge is -2.12. The number of likely N-dealkylation sites (N-methyl/N-ethyl adjacent to an activating group) is 1. The molecule has 2 heterocycles. The number of anilines is 1. The highest BCUT2D eigenvalue weighted by molar-refractivity contribution is 7.30. The minimum atomic E-state index is -0.393. The summed E-state index contributed by atoms with van der Waals surface area (Å²) in [5.41, 5.74) is 0.0828. The van der Waals surface area contributed by atoms with E-state index in [4.69, 9.17) is 11.3 Å². The summed E-state index contributed by atoms with van der Waals surface area (Å²) < 4.78 is 7.09. The van der Waals surface area contributed by atoms with Crippen LogP contribution in [0.1, 0.15) is 4.88 Å². The fourth-order valence-electron chi connectivity index (χ4n) is 2.06. The molecule has 6 nitrogen and oxygen atoms in total. The van der Waals surface area contributed by atoms with Crippen LogP contribution in [0, 0.1) is 17.9 Å². The van der Waals surface area contributed by atoms with Crippen molar-refractivity contribution in [2.45, 2.75) is 0 Å². The average molecular weight is 374 g/mol.